The molecule has 20 heavy (non-hydrogen) atoms. The Kier molecular flexibility index (Phi) is 6.31. The average molecular weight is 299 g/mol. The van der Waals surface area contributed by atoms with Gasteiger partial charge in [0.05, 0.1) is 0 Å². The minimum atomic E-state index is -0.823. The van der Waals surface area contributed by atoms with Crippen molar-refractivity contribution in [2.45, 2.75) is 39.2 Å². The number of amides is 2. The van der Waals surface area contributed by atoms with Gasteiger partial charge in [-0.2, -0.15) is 0 Å². The van der Waals surface area contributed by atoms with E-state index in [-0.39, 0.29) is 18.5 Å². The van der Waals surface area contributed by atoms with Gasteiger partial charge in [-0.05, 0) is 44.4 Å². The van der Waals surface area contributed by atoms with Crippen LogP contribution in [0.5, 0.6) is 0 Å². The van der Waals surface area contributed by atoms with Crippen LogP contribution in [-0.4, -0.2) is 23.1 Å². The molecule has 0 fully saturated rings. The summed E-state index contributed by atoms with van der Waals surface area (Å²) in [7, 11) is 0. The second-order valence-corrected chi connectivity index (χ2v) is 5.18. The monoisotopic (exact) mass is 298 g/mol. The van der Waals surface area contributed by atoms with Crippen molar-refractivity contribution in [1.29, 1.82) is 0 Å². The maximum absolute atomic E-state index is 11.8. The van der Waals surface area contributed by atoms with Crippen molar-refractivity contribution in [3.05, 3.63) is 28.8 Å². The zero-order valence-electron chi connectivity index (χ0n) is 11.6. The third kappa shape index (κ3) is 5.93. The molecule has 1 unspecified atom stereocenters. The SMILES string of the molecule is Cc1ccc(Cl)cc1NC(=O)NC(C)CCCC(=O)O. The van der Waals surface area contributed by atoms with Gasteiger partial charge in [0.25, 0.3) is 0 Å². The number of rotatable bonds is 6. The quantitative estimate of drug-likeness (QED) is 0.753. The predicted octanol–water partition coefficient (Wildman–Crippen LogP) is 3.41. The van der Waals surface area contributed by atoms with E-state index in [1.807, 2.05) is 19.9 Å². The number of hydrogen-bond acceptors (Lipinski definition) is 2. The molecular weight excluding hydrogens is 280 g/mol. The first-order valence-electron chi connectivity index (χ1n) is 6.44. The molecule has 0 spiro atoms. The molecule has 0 aromatic heterocycles. The number of carboxylic acid groups (broad SMARTS) is 1. The summed E-state index contributed by atoms with van der Waals surface area (Å²) in [5.41, 5.74) is 1.58. The number of aliphatic carboxylic acids is 1. The van der Waals surface area contributed by atoms with Crippen LogP contribution in [0.25, 0.3) is 0 Å². The Morgan fingerprint density at radius 1 is 1.40 bits per heavy atom. The molecular formula is C14H19ClN2O3. The molecule has 0 aliphatic heterocycles. The lowest BCUT2D eigenvalue weighted by Crippen LogP contribution is -2.36. The Bertz CT molecular complexity index is 491. The summed E-state index contributed by atoms with van der Waals surface area (Å²) in [5, 5.41) is 14.6. The molecule has 3 N–H and O–H groups in total. The van der Waals surface area contributed by atoms with Gasteiger partial charge >= 0.3 is 12.0 Å². The van der Waals surface area contributed by atoms with Crippen LogP contribution in [0.4, 0.5) is 10.5 Å². The topological polar surface area (TPSA) is 78.4 Å². The number of carbonyl (C=O) groups is 2. The van der Waals surface area contributed by atoms with Gasteiger partial charge in [0, 0.05) is 23.2 Å². The molecule has 110 valence electrons. The minimum Gasteiger partial charge on any atom is -0.481 e. The largest absolute Gasteiger partial charge is 0.481 e. The van der Waals surface area contributed by atoms with E-state index in [1.165, 1.54) is 0 Å². The molecule has 0 heterocycles. The molecule has 0 bridgehead atoms. The summed E-state index contributed by atoms with van der Waals surface area (Å²) in [6, 6.07) is 4.86. The van der Waals surface area contributed by atoms with Crippen LogP contribution in [0, 0.1) is 6.92 Å². The van der Waals surface area contributed by atoms with Gasteiger partial charge in [0.15, 0.2) is 0 Å². The molecule has 2 amide bonds. The van der Waals surface area contributed by atoms with E-state index in [2.05, 4.69) is 10.6 Å². The van der Waals surface area contributed by atoms with Crippen LogP contribution < -0.4 is 10.6 Å². The normalized spacial score (nSPS) is 11.8. The molecule has 0 aliphatic rings. The number of benzene rings is 1. The number of nitrogens with one attached hydrogen (secondary N) is 2. The second-order valence-electron chi connectivity index (χ2n) is 4.74. The van der Waals surface area contributed by atoms with Gasteiger partial charge in [0.2, 0.25) is 0 Å². The molecule has 0 radical (unpaired) electrons. The number of carboxylic acids is 1. The van der Waals surface area contributed by atoms with E-state index in [0.29, 0.717) is 23.6 Å². The Morgan fingerprint density at radius 3 is 2.75 bits per heavy atom. The molecule has 6 heteroatoms. The zero-order valence-corrected chi connectivity index (χ0v) is 12.3. The number of carbonyl (C=O) groups excluding carboxylic acids is 1. The zero-order chi connectivity index (χ0) is 15.1. The van der Waals surface area contributed by atoms with Crippen molar-refractivity contribution >= 4 is 29.3 Å². The standard InChI is InChI=1S/C14H19ClN2O3/c1-9-6-7-11(15)8-12(9)17-14(20)16-10(2)4-3-5-13(18)19/h6-8,10H,3-5H2,1-2H3,(H,18,19)(H2,16,17,20). The first kappa shape index (κ1) is 16.3. The third-order valence-corrected chi connectivity index (χ3v) is 3.09. The number of urea groups is 1. The fraction of sp³-hybridized carbons (Fsp3) is 0.429. The fourth-order valence-electron chi connectivity index (χ4n) is 1.74. The van der Waals surface area contributed by atoms with Crippen LogP contribution in [0.15, 0.2) is 18.2 Å². The Hall–Kier alpha value is -1.75. The second kappa shape index (κ2) is 7.75. The van der Waals surface area contributed by atoms with E-state index in [4.69, 9.17) is 16.7 Å². The minimum absolute atomic E-state index is 0.0890. The first-order valence-corrected chi connectivity index (χ1v) is 6.81. The van der Waals surface area contributed by atoms with E-state index in [0.717, 1.165) is 5.56 Å². The lowest BCUT2D eigenvalue weighted by molar-refractivity contribution is -0.137. The molecule has 0 aliphatic carbocycles. The molecule has 0 saturated carbocycles. The summed E-state index contributed by atoms with van der Waals surface area (Å²) in [4.78, 5) is 22.2. The number of aryl methyl sites for hydroxylation is 1. The summed E-state index contributed by atoms with van der Waals surface area (Å²) in [5.74, 6) is -0.823. The van der Waals surface area contributed by atoms with Crippen LogP contribution in [0.1, 0.15) is 31.7 Å². The third-order valence-electron chi connectivity index (χ3n) is 2.85. The number of anilines is 1. The highest BCUT2D eigenvalue weighted by atomic mass is 35.5. The highest BCUT2D eigenvalue weighted by Crippen LogP contribution is 2.20. The summed E-state index contributed by atoms with van der Waals surface area (Å²) in [6.07, 6.45) is 1.27. The maximum Gasteiger partial charge on any atom is 0.319 e. The van der Waals surface area contributed by atoms with Gasteiger partial charge in [-0.1, -0.05) is 17.7 Å². The maximum atomic E-state index is 11.8. The van der Waals surface area contributed by atoms with Crippen LogP contribution in [0.2, 0.25) is 5.02 Å². The molecule has 1 atom stereocenters. The Morgan fingerprint density at radius 2 is 2.10 bits per heavy atom. The van der Waals surface area contributed by atoms with Gasteiger partial charge in [-0.25, -0.2) is 4.79 Å². The highest BCUT2D eigenvalue weighted by molar-refractivity contribution is 6.31. The Balaban J connectivity index is 2.43. The Labute approximate surface area is 123 Å². The molecule has 5 nitrogen and oxygen atoms in total. The lowest BCUT2D eigenvalue weighted by atomic mass is 10.1. The van der Waals surface area contributed by atoms with Crippen molar-refractivity contribution in [1.82, 2.24) is 5.32 Å². The van der Waals surface area contributed by atoms with Gasteiger partial charge in [0.1, 0.15) is 0 Å². The highest BCUT2D eigenvalue weighted by Gasteiger charge is 2.09. The first-order chi connectivity index (χ1) is 9.38. The smallest absolute Gasteiger partial charge is 0.319 e. The van der Waals surface area contributed by atoms with Crippen LogP contribution in [0.3, 0.4) is 0 Å². The lowest BCUT2D eigenvalue weighted by Gasteiger charge is -2.15. The van der Waals surface area contributed by atoms with Gasteiger partial charge in [-0.15, -0.1) is 0 Å². The number of hydrogen-bond donors (Lipinski definition) is 3. The van der Waals surface area contributed by atoms with Crippen molar-refractivity contribution in [3.63, 3.8) is 0 Å². The van der Waals surface area contributed by atoms with Crippen molar-refractivity contribution in [2.24, 2.45) is 0 Å². The fourth-order valence-corrected chi connectivity index (χ4v) is 1.91. The van der Waals surface area contributed by atoms with Gasteiger partial charge < -0.3 is 15.7 Å². The molecule has 1 aromatic carbocycles. The molecule has 0 saturated heterocycles. The number of halogens is 1. The van der Waals surface area contributed by atoms with Gasteiger partial charge in [-0.3, -0.25) is 4.79 Å². The van der Waals surface area contributed by atoms with E-state index in [1.54, 1.807) is 12.1 Å². The summed E-state index contributed by atoms with van der Waals surface area (Å²) in [6.45, 7) is 3.72. The van der Waals surface area contributed by atoms with Crippen LogP contribution in [-0.2, 0) is 4.79 Å². The summed E-state index contributed by atoms with van der Waals surface area (Å²) < 4.78 is 0. The van der Waals surface area contributed by atoms with E-state index < -0.39 is 5.97 Å². The van der Waals surface area contributed by atoms with Crippen molar-refractivity contribution < 1.29 is 14.7 Å². The molecule has 1 aromatic rings. The molecule has 1 rings (SSSR count). The van der Waals surface area contributed by atoms with Crippen molar-refractivity contribution in [2.75, 3.05) is 5.32 Å². The predicted molar refractivity (Wildman–Crippen MR) is 79.3 cm³/mol. The van der Waals surface area contributed by atoms with E-state index >= 15 is 0 Å². The van der Waals surface area contributed by atoms with Crippen molar-refractivity contribution in [3.8, 4) is 0 Å². The van der Waals surface area contributed by atoms with E-state index in [9.17, 15) is 9.59 Å². The van der Waals surface area contributed by atoms with Crippen LogP contribution >= 0.6 is 11.6 Å². The average Bonchev–Trinajstić information content (AvgIpc) is 2.33. The summed E-state index contributed by atoms with van der Waals surface area (Å²) >= 11 is 5.88.